The zero-order chi connectivity index (χ0) is 24.9. The number of hydrogen-bond acceptors (Lipinski definition) is 3. The molecule has 0 aromatic heterocycles. The van der Waals surface area contributed by atoms with E-state index in [0.29, 0.717) is 10.6 Å². The molecule has 34 heavy (non-hydrogen) atoms. The molecule has 182 valence electrons. The first-order valence-corrected chi connectivity index (χ1v) is 9.99. The van der Waals surface area contributed by atoms with Crippen molar-refractivity contribution in [1.82, 2.24) is 0 Å². The number of hydrogen-bond donors (Lipinski definition) is 0. The Balaban J connectivity index is 1.92. The van der Waals surface area contributed by atoms with Gasteiger partial charge in [-0.1, -0.05) is 35.9 Å². The lowest BCUT2D eigenvalue weighted by Crippen LogP contribution is -2.37. The largest absolute Gasteiger partial charge is 0.573 e. The van der Waals surface area contributed by atoms with Crippen molar-refractivity contribution in [3.8, 4) is 11.5 Å². The van der Waals surface area contributed by atoms with E-state index < -0.39 is 41.9 Å². The van der Waals surface area contributed by atoms with Gasteiger partial charge in [0, 0.05) is 5.02 Å². The van der Waals surface area contributed by atoms with E-state index in [1.165, 1.54) is 36.4 Å². The first-order chi connectivity index (χ1) is 15.9. The summed E-state index contributed by atoms with van der Waals surface area (Å²) in [5.74, 6) is -3.59. The molecule has 0 heterocycles. The Kier molecular flexibility index (Phi) is 7.93. The third-order valence-corrected chi connectivity index (χ3v) is 4.74. The summed E-state index contributed by atoms with van der Waals surface area (Å²) < 4.78 is 107. The van der Waals surface area contributed by atoms with Crippen LogP contribution in [0.2, 0.25) is 5.02 Å². The molecule has 0 radical (unpaired) electrons. The molecule has 3 nitrogen and oxygen atoms in total. The van der Waals surface area contributed by atoms with Crippen LogP contribution in [-0.4, -0.2) is 18.8 Å². The van der Waals surface area contributed by atoms with E-state index in [2.05, 4.69) is 4.74 Å². The van der Waals surface area contributed by atoms with Gasteiger partial charge in [0.2, 0.25) is 6.29 Å². The third kappa shape index (κ3) is 7.53. The van der Waals surface area contributed by atoms with E-state index in [9.17, 15) is 30.7 Å². The highest BCUT2D eigenvalue weighted by Gasteiger charge is 2.48. The zero-order valence-electron chi connectivity index (χ0n) is 17.0. The van der Waals surface area contributed by atoms with Crippen LogP contribution in [-0.2, 0) is 11.3 Å². The van der Waals surface area contributed by atoms with Crippen molar-refractivity contribution >= 4 is 11.6 Å². The molecule has 0 saturated heterocycles. The van der Waals surface area contributed by atoms with E-state index in [1.807, 2.05) is 0 Å². The van der Waals surface area contributed by atoms with Crippen LogP contribution < -0.4 is 9.47 Å². The van der Waals surface area contributed by atoms with E-state index >= 15 is 0 Å². The van der Waals surface area contributed by atoms with Crippen molar-refractivity contribution in [3.05, 3.63) is 94.8 Å². The van der Waals surface area contributed by atoms with Gasteiger partial charge in [-0.05, 0) is 59.7 Å². The second-order valence-corrected chi connectivity index (χ2v) is 7.45. The van der Waals surface area contributed by atoms with Gasteiger partial charge < -0.3 is 14.2 Å². The molecule has 2 atom stereocenters. The maximum atomic E-state index is 14.1. The first-order valence-electron chi connectivity index (χ1n) is 9.61. The lowest BCUT2D eigenvalue weighted by Gasteiger charge is -2.30. The van der Waals surface area contributed by atoms with Crippen LogP contribution in [0.15, 0.2) is 72.8 Å². The molecular formula is C23H16ClF7O3. The number of alkyl halides is 6. The fourth-order valence-electron chi connectivity index (χ4n) is 2.98. The molecule has 0 amide bonds. The quantitative estimate of drug-likeness (QED) is 0.231. The van der Waals surface area contributed by atoms with Gasteiger partial charge in [-0.3, -0.25) is 0 Å². The van der Waals surface area contributed by atoms with Crippen LogP contribution in [0, 0.1) is 5.82 Å². The summed E-state index contributed by atoms with van der Waals surface area (Å²) in [6.07, 6.45) is -11.9. The average Bonchev–Trinajstić information content (AvgIpc) is 2.74. The number of ether oxygens (including phenoxy) is 3. The third-order valence-electron chi connectivity index (χ3n) is 4.49. The lowest BCUT2D eigenvalue weighted by atomic mass is 9.97. The molecule has 2 unspecified atom stereocenters. The van der Waals surface area contributed by atoms with Gasteiger partial charge in [0.25, 0.3) is 0 Å². The minimum Gasteiger partial charge on any atom is -0.464 e. The molecule has 11 heteroatoms. The minimum atomic E-state index is -5.00. The van der Waals surface area contributed by atoms with Crippen molar-refractivity contribution < 1.29 is 44.9 Å². The Bertz CT molecular complexity index is 1050. The Morgan fingerprint density at radius 1 is 0.735 bits per heavy atom. The van der Waals surface area contributed by atoms with Crippen LogP contribution in [0.5, 0.6) is 11.5 Å². The van der Waals surface area contributed by atoms with E-state index in [1.54, 1.807) is 0 Å². The van der Waals surface area contributed by atoms with Gasteiger partial charge in [-0.15, -0.1) is 13.2 Å². The van der Waals surface area contributed by atoms with Crippen LogP contribution in [0.1, 0.15) is 17.0 Å². The summed E-state index contributed by atoms with van der Waals surface area (Å²) in [7, 11) is 0. The van der Waals surface area contributed by atoms with E-state index in [-0.39, 0.29) is 12.4 Å². The number of rotatable bonds is 8. The zero-order valence-corrected chi connectivity index (χ0v) is 17.8. The van der Waals surface area contributed by atoms with Crippen molar-refractivity contribution in [3.63, 3.8) is 0 Å². The smallest absolute Gasteiger partial charge is 0.464 e. The van der Waals surface area contributed by atoms with E-state index in [0.717, 1.165) is 36.4 Å². The predicted octanol–water partition coefficient (Wildman–Crippen LogP) is 7.65. The fourth-order valence-corrected chi connectivity index (χ4v) is 3.11. The Morgan fingerprint density at radius 2 is 1.29 bits per heavy atom. The second kappa shape index (κ2) is 10.5. The van der Waals surface area contributed by atoms with Gasteiger partial charge in [0.1, 0.15) is 23.2 Å². The van der Waals surface area contributed by atoms with Crippen molar-refractivity contribution in [2.45, 2.75) is 31.4 Å². The Hall–Kier alpha value is -2.98. The second-order valence-electron chi connectivity index (χ2n) is 7.01. The Labute approximate surface area is 194 Å². The highest BCUT2D eigenvalue weighted by atomic mass is 35.5. The molecule has 0 N–H and O–H groups in total. The molecule has 0 spiro atoms. The normalized spacial score (nSPS) is 13.9. The van der Waals surface area contributed by atoms with Crippen molar-refractivity contribution in [1.29, 1.82) is 0 Å². The molecule has 0 aliphatic heterocycles. The standard InChI is InChI=1S/C23H16ClF7O3/c24-16-5-11-18(12-6-16)33-21(32-13-14-1-7-17(25)8-2-14)20(22(26,27)28)15-3-9-19(10-4-15)34-23(29,30)31/h1-12,20-21H,13H2. The molecular weight excluding hydrogens is 493 g/mol. The fraction of sp³-hybridized carbons (Fsp3) is 0.217. The number of benzene rings is 3. The van der Waals surface area contributed by atoms with Crippen LogP contribution in [0.3, 0.4) is 0 Å². The SMILES string of the molecule is Fc1ccc(COC(Oc2ccc(Cl)cc2)C(c2ccc(OC(F)(F)F)cc2)C(F)(F)F)cc1. The van der Waals surface area contributed by atoms with Gasteiger partial charge >= 0.3 is 12.5 Å². The maximum absolute atomic E-state index is 14.1. The first kappa shape index (κ1) is 25.6. The maximum Gasteiger partial charge on any atom is 0.573 e. The van der Waals surface area contributed by atoms with Crippen molar-refractivity contribution in [2.24, 2.45) is 0 Å². The molecule has 0 saturated carbocycles. The van der Waals surface area contributed by atoms with E-state index in [4.69, 9.17) is 21.1 Å². The summed E-state index contributed by atoms with van der Waals surface area (Å²) in [4.78, 5) is 0. The topological polar surface area (TPSA) is 27.7 Å². The van der Waals surface area contributed by atoms with Gasteiger partial charge in [0.15, 0.2) is 0 Å². The highest BCUT2D eigenvalue weighted by Crippen LogP contribution is 2.40. The van der Waals surface area contributed by atoms with Gasteiger partial charge in [-0.25, -0.2) is 4.39 Å². The molecule has 3 rings (SSSR count). The highest BCUT2D eigenvalue weighted by molar-refractivity contribution is 6.30. The average molecular weight is 509 g/mol. The summed E-state index contributed by atoms with van der Waals surface area (Å²) >= 11 is 5.80. The summed E-state index contributed by atoms with van der Waals surface area (Å²) in [5.41, 5.74) is -0.0407. The molecule has 0 bridgehead atoms. The number of halogens is 8. The predicted molar refractivity (Wildman–Crippen MR) is 109 cm³/mol. The van der Waals surface area contributed by atoms with Gasteiger partial charge in [-0.2, -0.15) is 13.2 Å². The summed E-state index contributed by atoms with van der Waals surface area (Å²) in [6.45, 7) is -0.361. The lowest BCUT2D eigenvalue weighted by molar-refractivity contribution is -0.274. The van der Waals surface area contributed by atoms with Crippen LogP contribution in [0.25, 0.3) is 0 Å². The monoisotopic (exact) mass is 508 g/mol. The van der Waals surface area contributed by atoms with Crippen molar-refractivity contribution in [2.75, 3.05) is 0 Å². The summed E-state index contributed by atoms with van der Waals surface area (Å²) in [5, 5.41) is 0.323. The molecule has 0 fully saturated rings. The molecule has 0 aliphatic rings. The summed E-state index contributed by atoms with van der Waals surface area (Å²) in [6, 6.07) is 13.6. The van der Waals surface area contributed by atoms with Gasteiger partial charge in [0.05, 0.1) is 6.61 Å². The Morgan fingerprint density at radius 3 is 1.82 bits per heavy atom. The van der Waals surface area contributed by atoms with Crippen LogP contribution in [0.4, 0.5) is 30.7 Å². The molecule has 0 aliphatic carbocycles. The molecule has 3 aromatic carbocycles. The van der Waals surface area contributed by atoms with Crippen LogP contribution >= 0.6 is 11.6 Å². The molecule has 3 aromatic rings. The minimum absolute atomic E-state index is 0.0137.